The maximum absolute atomic E-state index is 14.6. The van der Waals surface area contributed by atoms with Gasteiger partial charge in [0.2, 0.25) is 5.91 Å². The number of terminal acetylenes is 1. The van der Waals surface area contributed by atoms with Crippen LogP contribution in [0.2, 0.25) is 0 Å². The number of carbonyl (C=O) groups excluding carboxylic acids is 3. The van der Waals surface area contributed by atoms with Gasteiger partial charge < -0.3 is 5.32 Å². The van der Waals surface area contributed by atoms with Crippen LogP contribution in [0.15, 0.2) is 11.6 Å². The highest BCUT2D eigenvalue weighted by molar-refractivity contribution is 5.96. The maximum atomic E-state index is 14.6. The van der Waals surface area contributed by atoms with E-state index >= 15 is 0 Å². The number of nitrogens with one attached hydrogen (secondary N) is 1. The van der Waals surface area contributed by atoms with E-state index in [2.05, 4.69) is 51.7 Å². The summed E-state index contributed by atoms with van der Waals surface area (Å²) in [6.45, 7) is 16.8. The number of hydroxylamine groups is 2. The Morgan fingerprint density at radius 1 is 1.00 bits per heavy atom. The lowest BCUT2D eigenvalue weighted by molar-refractivity contribution is -0.390. The average Bonchev–Trinajstić information content (AvgIpc) is 2.90. The first-order valence-electron chi connectivity index (χ1n) is 16.2. The Hall–Kier alpha value is -2.34. The molecule has 0 radical (unpaired) electrons. The summed E-state index contributed by atoms with van der Waals surface area (Å²) >= 11 is 0. The molecule has 0 aliphatic heterocycles. The molecule has 9 atom stereocenters. The molecule has 0 aromatic heterocycles. The smallest absolute Gasteiger partial charge is 0.353 e. The van der Waals surface area contributed by atoms with Gasteiger partial charge in [0.25, 0.3) is 5.91 Å². The largest absolute Gasteiger partial charge is 0.545 e. The Bertz CT molecular complexity index is 1330. The molecular weight excluding hydrogens is 569 g/mol. The lowest BCUT2D eigenvalue weighted by Crippen LogP contribution is -2.67. The van der Waals surface area contributed by atoms with Crippen molar-refractivity contribution in [2.45, 2.75) is 126 Å². The van der Waals surface area contributed by atoms with Gasteiger partial charge in [0.1, 0.15) is 0 Å². The second-order valence-corrected chi connectivity index (χ2v) is 16.6. The molecule has 1 unspecified atom stereocenters. The summed E-state index contributed by atoms with van der Waals surface area (Å²) in [7, 11) is 0. The lowest BCUT2D eigenvalue weighted by Gasteiger charge is -2.70. The van der Waals surface area contributed by atoms with Gasteiger partial charge in [-0.25, -0.2) is 0 Å². The highest BCUT2D eigenvalue weighted by atomic mass is 19.4. The minimum Gasteiger partial charge on any atom is -0.353 e. The summed E-state index contributed by atoms with van der Waals surface area (Å²) in [4.78, 5) is 44.0. The second-order valence-electron chi connectivity index (χ2n) is 16.6. The molecule has 4 fully saturated rings. The van der Waals surface area contributed by atoms with Crippen LogP contribution in [0.5, 0.6) is 0 Å². The number of alkyl halides is 3. The van der Waals surface area contributed by atoms with Gasteiger partial charge in [0.05, 0.1) is 5.41 Å². The van der Waals surface area contributed by atoms with Crippen LogP contribution in [0.4, 0.5) is 13.2 Å². The monoisotopic (exact) mass is 618 g/mol. The summed E-state index contributed by atoms with van der Waals surface area (Å²) in [6, 6.07) is 1.83. The molecule has 0 heterocycles. The Kier molecular flexibility index (Phi) is 7.57. The number of amides is 2. The van der Waals surface area contributed by atoms with Crippen molar-refractivity contribution in [3.05, 3.63) is 11.6 Å². The number of halogens is 3. The van der Waals surface area contributed by atoms with E-state index in [4.69, 9.17) is 6.42 Å². The van der Waals surface area contributed by atoms with Crippen LogP contribution in [0.1, 0.15) is 113 Å². The van der Waals surface area contributed by atoms with Crippen molar-refractivity contribution in [3.8, 4) is 12.5 Å². The first-order chi connectivity index (χ1) is 20.1. The second kappa shape index (κ2) is 10.1. The molecule has 0 bridgehead atoms. The number of hydrogen-bond acceptors (Lipinski definition) is 4. The number of nitrogens with zero attached hydrogens (tertiary/aromatic N) is 1. The summed E-state index contributed by atoms with van der Waals surface area (Å²) in [5, 5.41) is 3.20. The molecule has 6 nitrogen and oxygen atoms in total. The standard InChI is InChI=1S/C35H49F3N2O4/c1-10-40(44-35(36,37)38)28(43)31(6)16-15-30(5)17-18-33(8)22(23(30)20-31)19-24(42)27-32(7)13-12-26(39-21(2)41)29(3,4)25(32)11-14-34(27,33)9/h1,19,23,25-27H,11-18,20H2,2-9H3,(H,39,41)/t23-,25?,26-,27+,30+,31-,32-,33+,34+/m0/s1. The zero-order valence-corrected chi connectivity index (χ0v) is 27.5. The van der Waals surface area contributed by atoms with Crippen LogP contribution in [0.3, 0.4) is 0 Å². The number of carbonyl (C=O) groups is 3. The van der Waals surface area contributed by atoms with E-state index in [1.165, 1.54) is 0 Å². The molecule has 44 heavy (non-hydrogen) atoms. The van der Waals surface area contributed by atoms with Gasteiger partial charge in [0.15, 0.2) is 5.78 Å². The first-order valence-corrected chi connectivity index (χ1v) is 16.2. The van der Waals surface area contributed by atoms with E-state index < -0.39 is 17.7 Å². The molecule has 5 aliphatic rings. The lowest BCUT2D eigenvalue weighted by atomic mass is 9.33. The summed E-state index contributed by atoms with van der Waals surface area (Å²) in [5.41, 5.74) is -1.34. The van der Waals surface area contributed by atoms with Crippen molar-refractivity contribution in [1.29, 1.82) is 0 Å². The van der Waals surface area contributed by atoms with Crippen LogP contribution in [0.25, 0.3) is 0 Å². The average molecular weight is 619 g/mol. The number of allylic oxidation sites excluding steroid dienone is 2. The zero-order valence-electron chi connectivity index (χ0n) is 27.5. The van der Waals surface area contributed by atoms with Gasteiger partial charge in [-0.3, -0.25) is 14.4 Å². The molecule has 0 aromatic carbocycles. The molecule has 2 amide bonds. The molecule has 9 heteroatoms. The van der Waals surface area contributed by atoms with Crippen molar-refractivity contribution < 1.29 is 32.4 Å². The van der Waals surface area contributed by atoms with Crippen molar-refractivity contribution in [2.24, 2.45) is 50.2 Å². The van der Waals surface area contributed by atoms with Crippen molar-refractivity contribution in [3.63, 3.8) is 0 Å². The fourth-order valence-electron chi connectivity index (χ4n) is 11.4. The third-order valence-electron chi connectivity index (χ3n) is 14.0. The normalized spacial score (nSPS) is 44.5. The number of fused-ring (bicyclic) bond motifs is 7. The fourth-order valence-corrected chi connectivity index (χ4v) is 11.4. The summed E-state index contributed by atoms with van der Waals surface area (Å²) < 4.78 is 39.3. The maximum Gasteiger partial charge on any atom is 0.545 e. The third kappa shape index (κ3) is 4.67. The quantitative estimate of drug-likeness (QED) is 0.204. The molecule has 5 rings (SSSR count). The Morgan fingerprint density at radius 2 is 1.64 bits per heavy atom. The van der Waals surface area contributed by atoms with Gasteiger partial charge in [0, 0.05) is 24.9 Å². The zero-order chi connectivity index (χ0) is 32.9. The SMILES string of the molecule is C#CN(OC(F)(F)F)C(=O)[C@@]1(C)CC[C@]2(C)CC[C@]3(C)C(=CC(=O)[C@@H]4[C@@]5(C)CC[C@H](NC(C)=O)C(C)(C)C5CC[C@]43C)[C@@H]2C1. The third-order valence-corrected chi connectivity index (χ3v) is 14.0. The van der Waals surface area contributed by atoms with Gasteiger partial charge in [-0.2, -0.15) is 4.84 Å². The Morgan fingerprint density at radius 3 is 2.23 bits per heavy atom. The molecule has 4 saturated carbocycles. The minimum absolute atomic E-state index is 0.00357. The Labute approximate surface area is 260 Å². The van der Waals surface area contributed by atoms with Crippen LogP contribution in [-0.4, -0.2) is 35.1 Å². The molecule has 0 spiro atoms. The molecule has 5 aliphatic carbocycles. The minimum atomic E-state index is -5.09. The van der Waals surface area contributed by atoms with Crippen molar-refractivity contribution in [2.75, 3.05) is 0 Å². The van der Waals surface area contributed by atoms with E-state index in [0.717, 1.165) is 44.1 Å². The van der Waals surface area contributed by atoms with E-state index in [1.54, 1.807) is 19.9 Å². The summed E-state index contributed by atoms with van der Waals surface area (Å²) in [5.74, 6) is -0.834. The highest BCUT2D eigenvalue weighted by Crippen LogP contribution is 2.75. The van der Waals surface area contributed by atoms with Crippen molar-refractivity contribution >= 4 is 17.6 Å². The van der Waals surface area contributed by atoms with E-state index in [9.17, 15) is 27.6 Å². The van der Waals surface area contributed by atoms with Crippen LogP contribution in [-0.2, 0) is 19.2 Å². The van der Waals surface area contributed by atoms with E-state index in [-0.39, 0.29) is 67.6 Å². The predicted octanol–water partition coefficient (Wildman–Crippen LogP) is 7.34. The van der Waals surface area contributed by atoms with Crippen LogP contribution in [0, 0.1) is 62.7 Å². The van der Waals surface area contributed by atoms with Gasteiger partial charge in [-0.05, 0) is 103 Å². The van der Waals surface area contributed by atoms with Crippen LogP contribution < -0.4 is 5.32 Å². The van der Waals surface area contributed by atoms with Crippen LogP contribution >= 0.6 is 0 Å². The topological polar surface area (TPSA) is 75.7 Å². The van der Waals surface area contributed by atoms with Crippen molar-refractivity contribution in [1.82, 2.24) is 10.4 Å². The van der Waals surface area contributed by atoms with Gasteiger partial charge in [-0.1, -0.05) is 60.5 Å². The molecule has 0 aromatic rings. The van der Waals surface area contributed by atoms with Gasteiger partial charge >= 0.3 is 6.36 Å². The molecule has 244 valence electrons. The van der Waals surface area contributed by atoms with Gasteiger partial charge in [-0.15, -0.1) is 18.2 Å². The summed E-state index contributed by atoms with van der Waals surface area (Å²) in [6.07, 6.45) is 8.78. The number of ketones is 1. The highest BCUT2D eigenvalue weighted by Gasteiger charge is 2.70. The van der Waals surface area contributed by atoms with E-state index in [0.29, 0.717) is 19.3 Å². The molecular formula is C35H49F3N2O4. The Balaban J connectivity index is 1.53. The fraction of sp³-hybridized carbons (Fsp3) is 0.800. The number of rotatable bonds is 3. The predicted molar refractivity (Wildman–Crippen MR) is 160 cm³/mol. The first kappa shape index (κ1) is 33.0. The molecule has 1 N–H and O–H groups in total. The van der Waals surface area contributed by atoms with E-state index in [1.807, 2.05) is 6.08 Å². The number of hydrogen-bond donors (Lipinski definition) is 1. The molecule has 0 saturated heterocycles.